The Morgan fingerprint density at radius 1 is 1.12 bits per heavy atom. The van der Waals surface area contributed by atoms with E-state index in [1.165, 1.54) is 31.2 Å². The second-order valence-electron chi connectivity index (χ2n) is 4.95. The van der Waals surface area contributed by atoms with E-state index in [2.05, 4.69) is 36.9 Å². The lowest BCUT2D eigenvalue weighted by atomic mass is 9.79. The van der Waals surface area contributed by atoms with Crippen LogP contribution in [0.2, 0.25) is 0 Å². The van der Waals surface area contributed by atoms with E-state index in [9.17, 15) is 0 Å². The molecule has 0 heterocycles. The molecule has 0 amide bonds. The first-order valence-electron chi connectivity index (χ1n) is 6.63. The highest BCUT2D eigenvalue weighted by Gasteiger charge is 2.21. The quantitative estimate of drug-likeness (QED) is 0.545. The number of hydrogen-bond donors (Lipinski definition) is 0. The van der Waals surface area contributed by atoms with E-state index >= 15 is 0 Å². The number of rotatable bonds is 5. The van der Waals surface area contributed by atoms with Crippen molar-refractivity contribution in [1.29, 1.82) is 0 Å². The normalized spacial score (nSPS) is 24.5. The standard InChI is InChI=1S/C16H22O/c1-2-12-17-13-14-8-10-16(11-9-14)15-6-4-3-5-7-15/h2-7,14,16H,1,8-13H2. The van der Waals surface area contributed by atoms with Crippen LogP contribution in [0.1, 0.15) is 37.2 Å². The summed E-state index contributed by atoms with van der Waals surface area (Å²) in [5.74, 6) is 1.53. The Morgan fingerprint density at radius 3 is 2.47 bits per heavy atom. The van der Waals surface area contributed by atoms with Gasteiger partial charge in [0.1, 0.15) is 0 Å². The van der Waals surface area contributed by atoms with Crippen molar-refractivity contribution in [2.75, 3.05) is 13.2 Å². The second-order valence-corrected chi connectivity index (χ2v) is 4.95. The Balaban J connectivity index is 1.76. The summed E-state index contributed by atoms with van der Waals surface area (Å²) in [6.07, 6.45) is 7.06. The zero-order valence-corrected chi connectivity index (χ0v) is 10.5. The monoisotopic (exact) mass is 230 g/mol. The molecule has 1 aliphatic rings. The molecule has 1 fully saturated rings. The molecule has 0 aromatic heterocycles. The van der Waals surface area contributed by atoms with Gasteiger partial charge in [-0.2, -0.15) is 0 Å². The van der Waals surface area contributed by atoms with Gasteiger partial charge in [0.2, 0.25) is 0 Å². The molecule has 0 saturated heterocycles. The molecule has 0 atom stereocenters. The molecule has 0 N–H and O–H groups in total. The third-order valence-electron chi connectivity index (χ3n) is 3.71. The Bertz CT molecular complexity index is 323. The Kier molecular flexibility index (Phi) is 4.81. The molecule has 1 nitrogen and oxygen atoms in total. The summed E-state index contributed by atoms with van der Waals surface area (Å²) in [5.41, 5.74) is 1.51. The number of ether oxygens (including phenoxy) is 1. The van der Waals surface area contributed by atoms with E-state index in [1.807, 2.05) is 6.08 Å². The van der Waals surface area contributed by atoms with E-state index in [0.717, 1.165) is 18.4 Å². The maximum atomic E-state index is 5.55. The van der Waals surface area contributed by atoms with Crippen LogP contribution in [0.25, 0.3) is 0 Å². The van der Waals surface area contributed by atoms with Gasteiger partial charge in [-0.3, -0.25) is 0 Å². The van der Waals surface area contributed by atoms with Crippen molar-refractivity contribution < 1.29 is 4.74 Å². The molecule has 1 aliphatic carbocycles. The molecule has 92 valence electrons. The fourth-order valence-electron chi connectivity index (χ4n) is 2.71. The van der Waals surface area contributed by atoms with Gasteiger partial charge in [0.05, 0.1) is 6.61 Å². The average Bonchev–Trinajstić information content (AvgIpc) is 2.41. The first kappa shape index (κ1) is 12.4. The summed E-state index contributed by atoms with van der Waals surface area (Å²) in [7, 11) is 0. The lowest BCUT2D eigenvalue weighted by molar-refractivity contribution is 0.102. The van der Waals surface area contributed by atoms with E-state index in [4.69, 9.17) is 4.74 Å². The summed E-state index contributed by atoms with van der Waals surface area (Å²) in [6.45, 7) is 5.27. The fourth-order valence-corrected chi connectivity index (χ4v) is 2.71. The molecular weight excluding hydrogens is 208 g/mol. The number of benzene rings is 1. The minimum Gasteiger partial charge on any atom is -0.377 e. The van der Waals surface area contributed by atoms with Crippen LogP contribution in [0.15, 0.2) is 43.0 Å². The van der Waals surface area contributed by atoms with Crippen LogP contribution < -0.4 is 0 Å². The Hall–Kier alpha value is -1.08. The van der Waals surface area contributed by atoms with Gasteiger partial charge in [-0.25, -0.2) is 0 Å². The highest BCUT2D eigenvalue weighted by Crippen LogP contribution is 2.35. The summed E-state index contributed by atoms with van der Waals surface area (Å²) in [6, 6.07) is 10.9. The lowest BCUT2D eigenvalue weighted by Crippen LogP contribution is -2.17. The Morgan fingerprint density at radius 2 is 1.82 bits per heavy atom. The third kappa shape index (κ3) is 3.71. The fraction of sp³-hybridized carbons (Fsp3) is 0.500. The van der Waals surface area contributed by atoms with Crippen molar-refractivity contribution in [1.82, 2.24) is 0 Å². The first-order valence-corrected chi connectivity index (χ1v) is 6.63. The summed E-state index contributed by atoms with van der Waals surface area (Å²) in [5, 5.41) is 0. The summed E-state index contributed by atoms with van der Waals surface area (Å²) >= 11 is 0. The maximum absolute atomic E-state index is 5.55. The van der Waals surface area contributed by atoms with E-state index in [0.29, 0.717) is 6.61 Å². The van der Waals surface area contributed by atoms with Gasteiger partial charge in [-0.15, -0.1) is 6.58 Å². The average molecular weight is 230 g/mol. The highest BCUT2D eigenvalue weighted by atomic mass is 16.5. The zero-order chi connectivity index (χ0) is 11.9. The van der Waals surface area contributed by atoms with Crippen molar-refractivity contribution >= 4 is 0 Å². The highest BCUT2D eigenvalue weighted by molar-refractivity contribution is 5.19. The van der Waals surface area contributed by atoms with E-state index in [1.54, 1.807) is 0 Å². The van der Waals surface area contributed by atoms with Crippen LogP contribution >= 0.6 is 0 Å². The second kappa shape index (κ2) is 6.61. The first-order chi connectivity index (χ1) is 8.40. The van der Waals surface area contributed by atoms with Gasteiger partial charge in [0, 0.05) is 6.61 Å². The van der Waals surface area contributed by atoms with Crippen molar-refractivity contribution in [3.8, 4) is 0 Å². The molecular formula is C16H22O. The smallest absolute Gasteiger partial charge is 0.0644 e. The van der Waals surface area contributed by atoms with Gasteiger partial charge < -0.3 is 4.74 Å². The van der Waals surface area contributed by atoms with Crippen LogP contribution in [0.4, 0.5) is 0 Å². The van der Waals surface area contributed by atoms with Crippen LogP contribution in [0.5, 0.6) is 0 Å². The van der Waals surface area contributed by atoms with Crippen molar-refractivity contribution in [3.05, 3.63) is 48.6 Å². The molecule has 0 aliphatic heterocycles. The minimum atomic E-state index is 0.693. The molecule has 0 spiro atoms. The molecule has 17 heavy (non-hydrogen) atoms. The molecule has 1 aromatic carbocycles. The van der Waals surface area contributed by atoms with Gasteiger partial charge in [-0.05, 0) is 43.1 Å². The van der Waals surface area contributed by atoms with Gasteiger partial charge in [0.15, 0.2) is 0 Å². The zero-order valence-electron chi connectivity index (χ0n) is 10.5. The van der Waals surface area contributed by atoms with Crippen LogP contribution in [0.3, 0.4) is 0 Å². The van der Waals surface area contributed by atoms with Crippen LogP contribution in [-0.4, -0.2) is 13.2 Å². The summed E-state index contributed by atoms with van der Waals surface area (Å²) in [4.78, 5) is 0. The van der Waals surface area contributed by atoms with Gasteiger partial charge >= 0.3 is 0 Å². The third-order valence-corrected chi connectivity index (χ3v) is 3.71. The van der Waals surface area contributed by atoms with Gasteiger partial charge in [-0.1, -0.05) is 36.4 Å². The SMILES string of the molecule is C=CCOCC1CCC(c2ccccc2)CC1. The van der Waals surface area contributed by atoms with Crippen LogP contribution in [-0.2, 0) is 4.74 Å². The van der Waals surface area contributed by atoms with Gasteiger partial charge in [0.25, 0.3) is 0 Å². The maximum Gasteiger partial charge on any atom is 0.0644 e. The molecule has 2 rings (SSSR count). The van der Waals surface area contributed by atoms with Crippen molar-refractivity contribution in [3.63, 3.8) is 0 Å². The number of hydrogen-bond acceptors (Lipinski definition) is 1. The topological polar surface area (TPSA) is 9.23 Å². The molecule has 1 aromatic rings. The molecule has 0 radical (unpaired) electrons. The largest absolute Gasteiger partial charge is 0.377 e. The Labute approximate surface area is 104 Å². The predicted molar refractivity (Wildman–Crippen MR) is 72.2 cm³/mol. The van der Waals surface area contributed by atoms with Crippen LogP contribution in [0, 0.1) is 5.92 Å². The molecule has 0 unspecified atom stereocenters. The van der Waals surface area contributed by atoms with Crippen molar-refractivity contribution in [2.45, 2.75) is 31.6 Å². The molecule has 0 bridgehead atoms. The molecule has 1 heteroatoms. The predicted octanol–water partition coefficient (Wildman–Crippen LogP) is 4.16. The lowest BCUT2D eigenvalue weighted by Gasteiger charge is -2.28. The van der Waals surface area contributed by atoms with E-state index < -0.39 is 0 Å². The molecule has 1 saturated carbocycles. The van der Waals surface area contributed by atoms with E-state index in [-0.39, 0.29) is 0 Å². The minimum absolute atomic E-state index is 0.693. The summed E-state index contributed by atoms with van der Waals surface area (Å²) < 4.78 is 5.55. The van der Waals surface area contributed by atoms with Crippen molar-refractivity contribution in [2.24, 2.45) is 5.92 Å².